The van der Waals surface area contributed by atoms with Crippen LogP contribution >= 0.6 is 0 Å². The van der Waals surface area contributed by atoms with E-state index in [2.05, 4.69) is 42.4 Å². The molecule has 0 amide bonds. The van der Waals surface area contributed by atoms with Crippen LogP contribution in [0.2, 0.25) is 0 Å². The third-order valence-corrected chi connectivity index (χ3v) is 2.81. The molecule has 0 radical (unpaired) electrons. The topological polar surface area (TPSA) is 24.9 Å². The molecule has 82 valence electrons. The van der Waals surface area contributed by atoms with Gasteiger partial charge in [-0.05, 0) is 37.9 Å². The molecule has 0 aliphatic heterocycles. The van der Waals surface area contributed by atoms with Gasteiger partial charge in [0.05, 0.1) is 0 Å². The third-order valence-electron chi connectivity index (χ3n) is 2.81. The molecule has 2 unspecified atom stereocenters. The molecule has 2 nitrogen and oxygen atoms in total. The first-order valence-corrected chi connectivity index (χ1v) is 5.48. The normalized spacial score (nSPS) is 15.4. The molecule has 1 aromatic heterocycles. The van der Waals surface area contributed by atoms with Crippen molar-refractivity contribution in [3.8, 4) is 0 Å². The zero-order chi connectivity index (χ0) is 11.1. The lowest BCUT2D eigenvalue weighted by molar-refractivity contribution is 0.430. The molecule has 0 bridgehead atoms. The van der Waals surface area contributed by atoms with E-state index in [1.165, 1.54) is 5.56 Å². The Balaban J connectivity index is 2.40. The van der Waals surface area contributed by atoms with Crippen molar-refractivity contribution in [1.82, 2.24) is 10.3 Å². The number of aromatic nitrogens is 1. The summed E-state index contributed by atoms with van der Waals surface area (Å²) in [4.78, 5) is 4.07. The molecule has 0 spiro atoms. The molecule has 0 fully saturated rings. The summed E-state index contributed by atoms with van der Waals surface area (Å²) < 4.78 is 0. The number of rotatable bonds is 5. The minimum absolute atomic E-state index is 0.559. The van der Waals surface area contributed by atoms with E-state index in [9.17, 15) is 0 Å². The Labute approximate surface area is 92.4 Å². The van der Waals surface area contributed by atoms with Crippen molar-refractivity contribution in [3.05, 3.63) is 36.2 Å². The molecule has 1 heterocycles. The van der Waals surface area contributed by atoms with Gasteiger partial charge in [-0.25, -0.2) is 0 Å². The van der Waals surface area contributed by atoms with Gasteiger partial charge >= 0.3 is 0 Å². The largest absolute Gasteiger partial charge is 0.317 e. The molecule has 15 heavy (non-hydrogen) atoms. The Morgan fingerprint density at radius 3 is 2.87 bits per heavy atom. The van der Waals surface area contributed by atoms with Crippen LogP contribution in [0.4, 0.5) is 0 Å². The van der Waals surface area contributed by atoms with E-state index in [0.29, 0.717) is 12.0 Å². The molecular weight excluding hydrogens is 184 g/mol. The van der Waals surface area contributed by atoms with Crippen molar-refractivity contribution in [2.45, 2.75) is 26.3 Å². The molecule has 0 saturated heterocycles. The summed E-state index contributed by atoms with van der Waals surface area (Å²) in [5.41, 5.74) is 1.17. The summed E-state index contributed by atoms with van der Waals surface area (Å²) in [5.74, 6) is 0.655. The highest BCUT2D eigenvalue weighted by molar-refractivity contribution is 5.47. The first-order valence-electron chi connectivity index (χ1n) is 5.48. The predicted octanol–water partition coefficient (Wildman–Crippen LogP) is 2.73. The van der Waals surface area contributed by atoms with Gasteiger partial charge in [0.15, 0.2) is 0 Å². The Hall–Kier alpha value is -1.15. The van der Waals surface area contributed by atoms with Crippen molar-refractivity contribution in [2.75, 3.05) is 7.05 Å². The van der Waals surface area contributed by atoms with Crippen molar-refractivity contribution < 1.29 is 0 Å². The lowest BCUT2D eigenvalue weighted by atomic mass is 9.99. The van der Waals surface area contributed by atoms with E-state index in [1.807, 2.05) is 19.3 Å². The van der Waals surface area contributed by atoms with Crippen LogP contribution in [-0.4, -0.2) is 18.1 Å². The molecule has 1 rings (SSSR count). The van der Waals surface area contributed by atoms with Crippen LogP contribution in [0.3, 0.4) is 0 Å². The molecule has 0 saturated carbocycles. The second kappa shape index (κ2) is 6.36. The quantitative estimate of drug-likeness (QED) is 0.797. The van der Waals surface area contributed by atoms with E-state index in [0.717, 1.165) is 6.42 Å². The molecule has 1 aromatic rings. The van der Waals surface area contributed by atoms with Crippen LogP contribution in [-0.2, 0) is 0 Å². The summed E-state index contributed by atoms with van der Waals surface area (Å²) in [5, 5.41) is 3.27. The molecule has 2 atom stereocenters. The first-order chi connectivity index (χ1) is 7.24. The van der Waals surface area contributed by atoms with Gasteiger partial charge in [0.2, 0.25) is 0 Å². The number of hydrogen-bond acceptors (Lipinski definition) is 2. The SMILES string of the molecule is CNC(C)C(C)CC=Cc1cccnc1. The van der Waals surface area contributed by atoms with Gasteiger partial charge in [-0.2, -0.15) is 0 Å². The van der Waals surface area contributed by atoms with E-state index < -0.39 is 0 Å². The second-order valence-electron chi connectivity index (χ2n) is 3.98. The molecule has 1 N–H and O–H groups in total. The van der Waals surface area contributed by atoms with Gasteiger partial charge in [0.25, 0.3) is 0 Å². The summed E-state index contributed by atoms with van der Waals surface area (Å²) in [6.45, 7) is 4.47. The zero-order valence-electron chi connectivity index (χ0n) is 9.77. The number of nitrogens with one attached hydrogen (secondary N) is 1. The fourth-order valence-electron chi connectivity index (χ4n) is 1.38. The molecular formula is C13H20N2. The average molecular weight is 204 g/mol. The Morgan fingerprint density at radius 1 is 1.47 bits per heavy atom. The highest BCUT2D eigenvalue weighted by Crippen LogP contribution is 2.09. The summed E-state index contributed by atoms with van der Waals surface area (Å²) in [6.07, 6.45) is 9.12. The number of allylic oxidation sites excluding steroid dienone is 1. The lowest BCUT2D eigenvalue weighted by Gasteiger charge is -2.17. The van der Waals surface area contributed by atoms with Crippen LogP contribution in [0, 0.1) is 5.92 Å². The van der Waals surface area contributed by atoms with Crippen LogP contribution in [0.1, 0.15) is 25.8 Å². The predicted molar refractivity (Wildman–Crippen MR) is 65.6 cm³/mol. The van der Waals surface area contributed by atoms with Crippen molar-refractivity contribution in [1.29, 1.82) is 0 Å². The zero-order valence-corrected chi connectivity index (χ0v) is 9.77. The van der Waals surface area contributed by atoms with Gasteiger partial charge in [0, 0.05) is 18.4 Å². The fourth-order valence-corrected chi connectivity index (χ4v) is 1.38. The molecule has 0 aliphatic rings. The molecule has 2 heteroatoms. The van der Waals surface area contributed by atoms with Crippen LogP contribution in [0.5, 0.6) is 0 Å². The molecule has 0 aromatic carbocycles. The van der Waals surface area contributed by atoms with E-state index >= 15 is 0 Å². The first kappa shape index (κ1) is 11.9. The Kier molecular flexibility index (Phi) is 5.05. The number of nitrogens with zero attached hydrogens (tertiary/aromatic N) is 1. The Morgan fingerprint density at radius 2 is 2.27 bits per heavy atom. The smallest absolute Gasteiger partial charge is 0.0340 e. The summed E-state index contributed by atoms with van der Waals surface area (Å²) in [7, 11) is 2.01. The van der Waals surface area contributed by atoms with Gasteiger partial charge < -0.3 is 5.32 Å². The number of hydrogen-bond donors (Lipinski definition) is 1. The maximum Gasteiger partial charge on any atom is 0.0340 e. The minimum atomic E-state index is 0.559. The summed E-state index contributed by atoms with van der Waals surface area (Å²) >= 11 is 0. The monoisotopic (exact) mass is 204 g/mol. The van der Waals surface area contributed by atoms with E-state index in [-0.39, 0.29) is 0 Å². The maximum atomic E-state index is 4.07. The fraction of sp³-hybridized carbons (Fsp3) is 0.462. The third kappa shape index (κ3) is 4.26. The number of pyridine rings is 1. The van der Waals surface area contributed by atoms with Crippen LogP contribution < -0.4 is 5.32 Å². The van der Waals surface area contributed by atoms with Gasteiger partial charge in [0.1, 0.15) is 0 Å². The van der Waals surface area contributed by atoms with Crippen molar-refractivity contribution >= 4 is 6.08 Å². The standard InChI is InChI=1S/C13H20N2/c1-11(12(2)14-3)6-4-7-13-8-5-9-15-10-13/h4-5,7-12,14H,6H2,1-3H3. The minimum Gasteiger partial charge on any atom is -0.317 e. The lowest BCUT2D eigenvalue weighted by Crippen LogP contribution is -2.28. The summed E-state index contributed by atoms with van der Waals surface area (Å²) in [6, 6.07) is 4.58. The van der Waals surface area contributed by atoms with E-state index in [4.69, 9.17) is 0 Å². The van der Waals surface area contributed by atoms with Crippen molar-refractivity contribution in [3.63, 3.8) is 0 Å². The van der Waals surface area contributed by atoms with Crippen molar-refractivity contribution in [2.24, 2.45) is 5.92 Å². The van der Waals surface area contributed by atoms with Crippen LogP contribution in [0.25, 0.3) is 6.08 Å². The molecule has 0 aliphatic carbocycles. The Bertz CT molecular complexity index is 293. The highest BCUT2D eigenvalue weighted by Gasteiger charge is 2.06. The van der Waals surface area contributed by atoms with Crippen LogP contribution in [0.15, 0.2) is 30.6 Å². The second-order valence-corrected chi connectivity index (χ2v) is 3.98. The average Bonchev–Trinajstić information content (AvgIpc) is 2.29. The maximum absolute atomic E-state index is 4.07. The van der Waals surface area contributed by atoms with E-state index in [1.54, 1.807) is 6.20 Å². The van der Waals surface area contributed by atoms with Gasteiger partial charge in [-0.15, -0.1) is 0 Å². The van der Waals surface area contributed by atoms with Gasteiger partial charge in [-0.3, -0.25) is 4.98 Å². The highest BCUT2D eigenvalue weighted by atomic mass is 14.9. The van der Waals surface area contributed by atoms with Gasteiger partial charge in [-0.1, -0.05) is 25.1 Å².